The Bertz CT molecular complexity index is 208. The summed E-state index contributed by atoms with van der Waals surface area (Å²) in [6, 6.07) is 2.95. The Morgan fingerprint density at radius 1 is 1.55 bits per heavy atom. The zero-order chi connectivity index (χ0) is 8.32. The van der Waals surface area contributed by atoms with E-state index in [1.165, 1.54) is 6.07 Å². The van der Waals surface area contributed by atoms with Gasteiger partial charge in [-0.1, -0.05) is 6.07 Å². The number of rotatable bonds is 3. The molecule has 0 saturated carbocycles. The minimum atomic E-state index is -2.86. The van der Waals surface area contributed by atoms with Crippen LogP contribution in [0.2, 0.25) is 0 Å². The Labute approximate surface area is 67.3 Å². The van der Waals surface area contributed by atoms with Crippen molar-refractivity contribution in [1.82, 2.24) is 0 Å². The molecular formula is C7H8F2OS. The SMILES string of the molecule is OCCC(F)(F)c1cccs1. The molecule has 0 radical (unpaired) electrons. The molecule has 1 N–H and O–H groups in total. The van der Waals surface area contributed by atoms with E-state index in [2.05, 4.69) is 0 Å². The van der Waals surface area contributed by atoms with E-state index in [4.69, 9.17) is 5.11 Å². The molecular weight excluding hydrogens is 170 g/mol. The summed E-state index contributed by atoms with van der Waals surface area (Å²) in [6.07, 6.45) is -0.493. The van der Waals surface area contributed by atoms with Gasteiger partial charge in [-0.3, -0.25) is 0 Å². The molecule has 1 aromatic heterocycles. The third-order valence-corrected chi connectivity index (χ3v) is 2.29. The zero-order valence-electron chi connectivity index (χ0n) is 5.76. The number of hydrogen-bond donors (Lipinski definition) is 1. The standard InChI is InChI=1S/C7H8F2OS/c8-7(9,3-4-10)6-2-1-5-11-6/h1-2,5,10H,3-4H2. The molecule has 0 atom stereocenters. The van der Waals surface area contributed by atoms with Gasteiger partial charge in [0.1, 0.15) is 0 Å². The lowest BCUT2D eigenvalue weighted by molar-refractivity contribution is -0.0234. The van der Waals surface area contributed by atoms with Crippen molar-refractivity contribution in [2.24, 2.45) is 0 Å². The molecule has 0 spiro atoms. The lowest BCUT2D eigenvalue weighted by Crippen LogP contribution is -2.12. The Kier molecular flexibility index (Phi) is 2.57. The maximum atomic E-state index is 12.8. The first-order chi connectivity index (χ1) is 5.17. The second kappa shape index (κ2) is 3.28. The minimum Gasteiger partial charge on any atom is -0.396 e. The van der Waals surface area contributed by atoms with Crippen LogP contribution in [0.1, 0.15) is 11.3 Å². The van der Waals surface area contributed by atoms with Crippen LogP contribution in [0.4, 0.5) is 8.78 Å². The molecule has 0 aliphatic carbocycles. The molecule has 0 amide bonds. The highest BCUT2D eigenvalue weighted by Gasteiger charge is 2.31. The molecule has 1 aromatic rings. The van der Waals surface area contributed by atoms with Crippen LogP contribution in [0.5, 0.6) is 0 Å². The summed E-state index contributed by atoms with van der Waals surface area (Å²) in [6.45, 7) is -0.481. The van der Waals surface area contributed by atoms with Gasteiger partial charge >= 0.3 is 0 Å². The molecule has 0 aliphatic heterocycles. The van der Waals surface area contributed by atoms with Crippen LogP contribution in [0, 0.1) is 0 Å². The van der Waals surface area contributed by atoms with Gasteiger partial charge in [-0.2, -0.15) is 0 Å². The van der Waals surface area contributed by atoms with Gasteiger partial charge in [-0.15, -0.1) is 11.3 Å². The lowest BCUT2D eigenvalue weighted by Gasteiger charge is -2.11. The first-order valence-corrected chi connectivity index (χ1v) is 4.07. The van der Waals surface area contributed by atoms with Crippen molar-refractivity contribution < 1.29 is 13.9 Å². The summed E-state index contributed by atoms with van der Waals surface area (Å²) in [7, 11) is 0. The monoisotopic (exact) mass is 178 g/mol. The Morgan fingerprint density at radius 3 is 2.73 bits per heavy atom. The molecule has 1 rings (SSSR count). The summed E-state index contributed by atoms with van der Waals surface area (Å²) in [4.78, 5) is 0.0200. The second-order valence-electron chi connectivity index (χ2n) is 2.16. The van der Waals surface area contributed by atoms with Gasteiger partial charge < -0.3 is 5.11 Å². The van der Waals surface area contributed by atoms with E-state index in [0.29, 0.717) is 0 Å². The average molecular weight is 178 g/mol. The smallest absolute Gasteiger partial charge is 0.284 e. The quantitative estimate of drug-likeness (QED) is 0.752. The molecule has 1 nitrogen and oxygen atoms in total. The van der Waals surface area contributed by atoms with Gasteiger partial charge in [-0.05, 0) is 11.4 Å². The van der Waals surface area contributed by atoms with Crippen LogP contribution in [0.25, 0.3) is 0 Å². The Balaban J connectivity index is 2.73. The molecule has 0 aromatic carbocycles. The third kappa shape index (κ3) is 1.97. The van der Waals surface area contributed by atoms with Crippen molar-refractivity contribution in [3.63, 3.8) is 0 Å². The zero-order valence-corrected chi connectivity index (χ0v) is 6.57. The van der Waals surface area contributed by atoms with Gasteiger partial charge in [0.25, 0.3) is 5.92 Å². The fraction of sp³-hybridized carbons (Fsp3) is 0.429. The van der Waals surface area contributed by atoms with E-state index < -0.39 is 19.0 Å². The molecule has 0 saturated heterocycles. The average Bonchev–Trinajstić information content (AvgIpc) is 2.37. The molecule has 0 bridgehead atoms. The van der Waals surface area contributed by atoms with Crippen molar-refractivity contribution in [2.45, 2.75) is 12.3 Å². The number of alkyl halides is 2. The summed E-state index contributed by atoms with van der Waals surface area (Å²) < 4.78 is 25.7. The number of aliphatic hydroxyl groups excluding tert-OH is 1. The molecule has 0 fully saturated rings. The Morgan fingerprint density at radius 2 is 2.27 bits per heavy atom. The van der Waals surface area contributed by atoms with Crippen molar-refractivity contribution >= 4 is 11.3 Å². The number of hydrogen-bond acceptors (Lipinski definition) is 2. The minimum absolute atomic E-state index is 0.0200. The van der Waals surface area contributed by atoms with Gasteiger partial charge in [0, 0.05) is 13.0 Å². The van der Waals surface area contributed by atoms with Crippen LogP contribution in [-0.4, -0.2) is 11.7 Å². The molecule has 0 aliphatic rings. The van der Waals surface area contributed by atoms with Crippen molar-refractivity contribution in [1.29, 1.82) is 0 Å². The van der Waals surface area contributed by atoms with Gasteiger partial charge in [-0.25, -0.2) is 8.78 Å². The van der Waals surface area contributed by atoms with Gasteiger partial charge in [0.2, 0.25) is 0 Å². The van der Waals surface area contributed by atoms with Gasteiger partial charge in [0.15, 0.2) is 0 Å². The highest BCUT2D eigenvalue weighted by atomic mass is 32.1. The first-order valence-electron chi connectivity index (χ1n) is 3.19. The maximum Gasteiger partial charge on any atom is 0.284 e. The summed E-state index contributed by atoms with van der Waals surface area (Å²) >= 11 is 1.01. The maximum absolute atomic E-state index is 12.8. The predicted octanol–water partition coefficient (Wildman–Crippen LogP) is 2.22. The number of halogens is 2. The highest BCUT2D eigenvalue weighted by molar-refractivity contribution is 7.10. The van der Waals surface area contributed by atoms with Crippen LogP contribution < -0.4 is 0 Å². The molecule has 11 heavy (non-hydrogen) atoms. The van der Waals surface area contributed by atoms with Crippen LogP contribution >= 0.6 is 11.3 Å². The topological polar surface area (TPSA) is 20.2 Å². The number of thiophene rings is 1. The van der Waals surface area contributed by atoms with E-state index in [9.17, 15) is 8.78 Å². The van der Waals surface area contributed by atoms with E-state index in [-0.39, 0.29) is 4.88 Å². The summed E-state index contributed by atoms with van der Waals surface area (Å²) in [5.74, 6) is -2.86. The van der Waals surface area contributed by atoms with E-state index in [1.807, 2.05) is 0 Å². The van der Waals surface area contributed by atoms with E-state index in [0.717, 1.165) is 11.3 Å². The van der Waals surface area contributed by atoms with Crippen molar-refractivity contribution in [3.8, 4) is 0 Å². The van der Waals surface area contributed by atoms with Crippen LogP contribution in [-0.2, 0) is 5.92 Å². The fourth-order valence-corrected chi connectivity index (χ4v) is 1.49. The molecule has 1 heterocycles. The van der Waals surface area contributed by atoms with Crippen LogP contribution in [0.3, 0.4) is 0 Å². The molecule has 62 valence electrons. The van der Waals surface area contributed by atoms with E-state index >= 15 is 0 Å². The van der Waals surface area contributed by atoms with E-state index in [1.54, 1.807) is 11.4 Å². The highest BCUT2D eigenvalue weighted by Crippen LogP contribution is 2.34. The molecule has 4 heteroatoms. The first kappa shape index (κ1) is 8.62. The predicted molar refractivity (Wildman–Crippen MR) is 39.9 cm³/mol. The third-order valence-electron chi connectivity index (χ3n) is 1.31. The van der Waals surface area contributed by atoms with Crippen molar-refractivity contribution in [2.75, 3.05) is 6.61 Å². The van der Waals surface area contributed by atoms with Gasteiger partial charge in [0.05, 0.1) is 4.88 Å². The number of aliphatic hydroxyl groups is 1. The Hall–Kier alpha value is -0.480. The summed E-state index contributed by atoms with van der Waals surface area (Å²) in [5, 5.41) is 9.92. The fourth-order valence-electron chi connectivity index (χ4n) is 0.750. The molecule has 0 unspecified atom stereocenters. The summed E-state index contributed by atoms with van der Waals surface area (Å²) in [5.41, 5.74) is 0. The lowest BCUT2D eigenvalue weighted by atomic mass is 10.2. The normalized spacial score (nSPS) is 11.9. The largest absolute Gasteiger partial charge is 0.396 e. The van der Waals surface area contributed by atoms with Crippen LogP contribution in [0.15, 0.2) is 17.5 Å². The second-order valence-corrected chi connectivity index (χ2v) is 3.10. The van der Waals surface area contributed by atoms with Crippen molar-refractivity contribution in [3.05, 3.63) is 22.4 Å².